The fraction of sp³-hybridized carbons (Fsp3) is 0. The molecule has 0 unspecified atom stereocenters. The molecule has 16 heavy (non-hydrogen) atoms. The Morgan fingerprint density at radius 2 is 1.88 bits per heavy atom. The summed E-state index contributed by atoms with van der Waals surface area (Å²) in [6.45, 7) is 0. The molecular weight excluding hydrogens is 202 g/mol. The molecule has 0 aliphatic heterocycles. The monoisotopic (exact) mass is 212 g/mol. The Labute approximate surface area is 93.5 Å². The lowest BCUT2D eigenvalue weighted by Gasteiger charge is -2.04. The summed E-state index contributed by atoms with van der Waals surface area (Å²) in [6.07, 6.45) is 0. The van der Waals surface area contributed by atoms with E-state index in [0.29, 0.717) is 11.3 Å². The number of rotatable bonds is 3. The molecule has 0 fully saturated rings. The first-order chi connectivity index (χ1) is 7.75. The van der Waals surface area contributed by atoms with Gasteiger partial charge in [0, 0.05) is 11.6 Å². The predicted octanol–water partition coefficient (Wildman–Crippen LogP) is 2.38. The van der Waals surface area contributed by atoms with Gasteiger partial charge in [-0.05, 0) is 30.3 Å². The van der Waals surface area contributed by atoms with Gasteiger partial charge in [-0.25, -0.2) is 0 Å². The molecule has 3 nitrogen and oxygen atoms in total. The molecule has 0 aliphatic rings. The van der Waals surface area contributed by atoms with Gasteiger partial charge in [-0.2, -0.15) is 0 Å². The molecule has 0 atom stereocenters. The van der Waals surface area contributed by atoms with Crippen LogP contribution in [-0.4, -0.2) is 5.91 Å². The van der Waals surface area contributed by atoms with Gasteiger partial charge in [0.05, 0.1) is 0 Å². The van der Waals surface area contributed by atoms with E-state index >= 15 is 0 Å². The highest BCUT2D eigenvalue weighted by molar-refractivity contribution is 5.92. The van der Waals surface area contributed by atoms with Crippen LogP contribution in [0.1, 0.15) is 10.4 Å². The van der Waals surface area contributed by atoms with Gasteiger partial charge in [0.15, 0.2) is 0 Å². The molecule has 0 aromatic heterocycles. The molecule has 2 aromatic carbocycles. The zero-order valence-corrected chi connectivity index (χ0v) is 8.51. The van der Waals surface area contributed by atoms with Crippen molar-refractivity contribution in [3.8, 4) is 11.5 Å². The summed E-state index contributed by atoms with van der Waals surface area (Å²) in [6, 6.07) is 17.0. The number of carbonyl (C=O) groups is 1. The number of amides is 1. The van der Waals surface area contributed by atoms with Crippen LogP contribution in [0.25, 0.3) is 0 Å². The highest BCUT2D eigenvalue weighted by Gasteiger charge is 2.01. The molecule has 2 aromatic rings. The summed E-state index contributed by atoms with van der Waals surface area (Å²) >= 11 is 0. The second kappa shape index (κ2) is 4.49. The number of hydrogen-bond donors (Lipinski definition) is 1. The van der Waals surface area contributed by atoms with Crippen LogP contribution in [0.3, 0.4) is 0 Å². The highest BCUT2D eigenvalue weighted by atomic mass is 16.5. The van der Waals surface area contributed by atoms with Crippen molar-refractivity contribution in [1.82, 2.24) is 0 Å². The van der Waals surface area contributed by atoms with Crippen molar-refractivity contribution in [2.45, 2.75) is 0 Å². The third-order valence-electron chi connectivity index (χ3n) is 2.04. The Morgan fingerprint density at radius 1 is 1.12 bits per heavy atom. The molecule has 0 saturated heterocycles. The molecule has 79 valence electrons. The molecule has 0 saturated carbocycles. The van der Waals surface area contributed by atoms with Crippen molar-refractivity contribution >= 4 is 5.91 Å². The smallest absolute Gasteiger partial charge is 0.248 e. The Balaban J connectivity index is 2.14. The second-order valence-corrected chi connectivity index (χ2v) is 3.22. The van der Waals surface area contributed by atoms with Gasteiger partial charge < -0.3 is 10.5 Å². The number of primary amides is 1. The quantitative estimate of drug-likeness (QED) is 0.849. The van der Waals surface area contributed by atoms with E-state index in [1.54, 1.807) is 12.1 Å². The first-order valence-corrected chi connectivity index (χ1v) is 4.80. The van der Waals surface area contributed by atoms with E-state index in [1.165, 1.54) is 6.07 Å². The molecule has 0 heterocycles. The molecule has 0 aliphatic carbocycles. The number of nitrogens with two attached hydrogens (primary N) is 1. The average Bonchev–Trinajstić information content (AvgIpc) is 2.31. The van der Waals surface area contributed by atoms with Crippen LogP contribution in [0.15, 0.2) is 48.5 Å². The first-order valence-electron chi connectivity index (χ1n) is 4.80. The number of ether oxygens (including phenoxy) is 1. The van der Waals surface area contributed by atoms with Gasteiger partial charge in [-0.1, -0.05) is 18.2 Å². The van der Waals surface area contributed by atoms with E-state index in [1.807, 2.05) is 30.3 Å². The molecule has 0 spiro atoms. The zero-order valence-electron chi connectivity index (χ0n) is 8.51. The van der Waals surface area contributed by atoms with Gasteiger partial charge in [0.25, 0.3) is 0 Å². The number of carbonyl (C=O) groups excluding carboxylic acids is 1. The van der Waals surface area contributed by atoms with E-state index in [-0.39, 0.29) is 0 Å². The van der Waals surface area contributed by atoms with Crippen LogP contribution in [0.4, 0.5) is 0 Å². The zero-order chi connectivity index (χ0) is 11.4. The lowest BCUT2D eigenvalue weighted by molar-refractivity contribution is 0.100. The van der Waals surface area contributed by atoms with Crippen molar-refractivity contribution in [1.29, 1.82) is 0 Å². The number of para-hydroxylation sites is 1. The summed E-state index contributed by atoms with van der Waals surface area (Å²) in [4.78, 5) is 10.8. The van der Waals surface area contributed by atoms with Crippen molar-refractivity contribution in [2.75, 3.05) is 0 Å². The van der Waals surface area contributed by atoms with Crippen molar-refractivity contribution in [3.05, 3.63) is 60.2 Å². The summed E-state index contributed by atoms with van der Waals surface area (Å²) in [5.74, 6) is 0.810. The summed E-state index contributed by atoms with van der Waals surface area (Å²) in [7, 11) is 0. The number of hydrogen-bond acceptors (Lipinski definition) is 2. The third kappa shape index (κ3) is 2.39. The Morgan fingerprint density at radius 3 is 2.44 bits per heavy atom. The standard InChI is InChI=1S/C13H10NO2/c14-13(15)10-6-8-12(9-7-10)16-11-4-2-1-3-5-11/h1-8H,(H2,14,15). The SMILES string of the molecule is NC(=O)c1c[c]c(Oc2ccccc2)cc1. The van der Waals surface area contributed by atoms with Crippen molar-refractivity contribution in [2.24, 2.45) is 5.73 Å². The average molecular weight is 212 g/mol. The Hall–Kier alpha value is -2.29. The van der Waals surface area contributed by atoms with Crippen LogP contribution < -0.4 is 10.5 Å². The Bertz CT molecular complexity index is 477. The third-order valence-corrected chi connectivity index (χ3v) is 2.04. The molecular formula is C13H10NO2. The largest absolute Gasteiger partial charge is 0.457 e. The van der Waals surface area contributed by atoms with Gasteiger partial charge in [-0.3, -0.25) is 4.79 Å². The van der Waals surface area contributed by atoms with E-state index in [9.17, 15) is 4.79 Å². The molecule has 3 heteroatoms. The van der Waals surface area contributed by atoms with E-state index in [4.69, 9.17) is 10.5 Å². The molecule has 0 bridgehead atoms. The summed E-state index contributed by atoms with van der Waals surface area (Å²) in [5, 5.41) is 0. The van der Waals surface area contributed by atoms with Crippen LogP contribution in [-0.2, 0) is 0 Å². The lowest BCUT2D eigenvalue weighted by atomic mass is 10.2. The van der Waals surface area contributed by atoms with Crippen molar-refractivity contribution < 1.29 is 9.53 Å². The van der Waals surface area contributed by atoms with E-state index in [0.717, 1.165) is 5.75 Å². The summed E-state index contributed by atoms with van der Waals surface area (Å²) in [5.41, 5.74) is 5.53. The second-order valence-electron chi connectivity index (χ2n) is 3.22. The maximum Gasteiger partial charge on any atom is 0.248 e. The maximum atomic E-state index is 10.8. The normalized spacial score (nSPS) is 9.75. The molecule has 1 radical (unpaired) electrons. The van der Waals surface area contributed by atoms with Gasteiger partial charge in [-0.15, -0.1) is 0 Å². The summed E-state index contributed by atoms with van der Waals surface area (Å²) < 4.78 is 5.51. The lowest BCUT2D eigenvalue weighted by Crippen LogP contribution is -2.10. The van der Waals surface area contributed by atoms with Crippen molar-refractivity contribution in [3.63, 3.8) is 0 Å². The van der Waals surface area contributed by atoms with Gasteiger partial charge in [0.1, 0.15) is 11.5 Å². The highest BCUT2D eigenvalue weighted by Crippen LogP contribution is 2.20. The van der Waals surface area contributed by atoms with Crippen LogP contribution >= 0.6 is 0 Å². The van der Waals surface area contributed by atoms with Crippen LogP contribution in [0, 0.1) is 6.07 Å². The first kappa shape index (κ1) is 10.2. The van der Waals surface area contributed by atoms with E-state index < -0.39 is 5.91 Å². The fourth-order valence-corrected chi connectivity index (χ4v) is 1.24. The van der Waals surface area contributed by atoms with Crippen LogP contribution in [0.2, 0.25) is 0 Å². The van der Waals surface area contributed by atoms with Gasteiger partial charge >= 0.3 is 0 Å². The van der Waals surface area contributed by atoms with E-state index in [2.05, 4.69) is 6.07 Å². The number of benzene rings is 2. The Kier molecular flexibility index (Phi) is 2.87. The van der Waals surface area contributed by atoms with Gasteiger partial charge in [0.2, 0.25) is 5.91 Å². The van der Waals surface area contributed by atoms with Crippen LogP contribution in [0.5, 0.6) is 11.5 Å². The minimum Gasteiger partial charge on any atom is -0.457 e. The maximum absolute atomic E-state index is 10.8. The molecule has 2 rings (SSSR count). The minimum absolute atomic E-state index is 0.417. The molecule has 2 N–H and O–H groups in total. The fourth-order valence-electron chi connectivity index (χ4n) is 1.24. The molecule has 1 amide bonds. The topological polar surface area (TPSA) is 52.3 Å². The minimum atomic E-state index is -0.470. The predicted molar refractivity (Wildman–Crippen MR) is 60.3 cm³/mol.